The molecule has 0 fully saturated rings. The van der Waals surface area contributed by atoms with Crippen LogP contribution in [-0.2, 0) is 16.1 Å². The molecule has 0 saturated heterocycles. The summed E-state index contributed by atoms with van der Waals surface area (Å²) in [7, 11) is 1.56. The van der Waals surface area contributed by atoms with Crippen LogP contribution >= 0.6 is 11.3 Å². The summed E-state index contributed by atoms with van der Waals surface area (Å²) in [4.78, 5) is 34.0. The number of benzene rings is 1. The normalized spacial score (nSPS) is 11.4. The van der Waals surface area contributed by atoms with Gasteiger partial charge in [-0.3, -0.25) is 14.9 Å². The summed E-state index contributed by atoms with van der Waals surface area (Å²) in [5.41, 5.74) is 0.863. The molecule has 0 unspecified atom stereocenters. The van der Waals surface area contributed by atoms with Crippen molar-refractivity contribution in [3.63, 3.8) is 0 Å². The number of amides is 1. The third kappa shape index (κ3) is 5.01. The highest BCUT2D eigenvalue weighted by atomic mass is 32.1. The molecule has 132 valence electrons. The standard InChI is InChI=1S/C16H16N2O6S/c1-10(24-16(20)13-7-8-14(25-13)18(21)22)15(19)17-9-11-3-5-12(23-2)6-4-11/h3-8,10H,9H2,1-2H3,(H,17,19)/t10-/m0/s1. The van der Waals surface area contributed by atoms with Crippen molar-refractivity contribution >= 4 is 28.2 Å². The lowest BCUT2D eigenvalue weighted by molar-refractivity contribution is -0.380. The Hall–Kier alpha value is -2.94. The molecule has 0 radical (unpaired) electrons. The van der Waals surface area contributed by atoms with Crippen LogP contribution in [0.25, 0.3) is 0 Å². The second-order valence-electron chi connectivity index (χ2n) is 5.01. The zero-order chi connectivity index (χ0) is 18.4. The first-order valence-corrected chi connectivity index (χ1v) is 8.08. The first kappa shape index (κ1) is 18.4. The fraction of sp³-hybridized carbons (Fsp3) is 0.250. The van der Waals surface area contributed by atoms with Gasteiger partial charge in [0.05, 0.1) is 12.0 Å². The maximum atomic E-state index is 12.0. The smallest absolute Gasteiger partial charge is 0.349 e. The minimum absolute atomic E-state index is 0.0708. The lowest BCUT2D eigenvalue weighted by Gasteiger charge is -2.13. The second kappa shape index (κ2) is 8.25. The van der Waals surface area contributed by atoms with Gasteiger partial charge in [-0.2, -0.15) is 0 Å². The van der Waals surface area contributed by atoms with E-state index in [1.54, 1.807) is 31.4 Å². The average Bonchev–Trinajstić information content (AvgIpc) is 3.10. The van der Waals surface area contributed by atoms with Gasteiger partial charge in [-0.25, -0.2) is 4.79 Å². The van der Waals surface area contributed by atoms with Crippen LogP contribution in [0, 0.1) is 10.1 Å². The lowest BCUT2D eigenvalue weighted by atomic mass is 10.2. The molecule has 25 heavy (non-hydrogen) atoms. The van der Waals surface area contributed by atoms with Gasteiger partial charge in [-0.15, -0.1) is 0 Å². The van der Waals surface area contributed by atoms with Crippen LogP contribution in [0.15, 0.2) is 36.4 Å². The molecule has 1 aromatic carbocycles. The van der Waals surface area contributed by atoms with Crippen LogP contribution in [0.3, 0.4) is 0 Å². The number of ether oxygens (including phenoxy) is 2. The van der Waals surface area contributed by atoms with Crippen LogP contribution in [0.5, 0.6) is 5.75 Å². The van der Waals surface area contributed by atoms with Gasteiger partial charge in [-0.05, 0) is 30.7 Å². The van der Waals surface area contributed by atoms with Crippen molar-refractivity contribution in [3.05, 3.63) is 57.0 Å². The number of esters is 1. The number of nitrogens with one attached hydrogen (secondary N) is 1. The number of nitro groups is 1. The van der Waals surface area contributed by atoms with E-state index in [9.17, 15) is 19.7 Å². The van der Waals surface area contributed by atoms with E-state index in [0.717, 1.165) is 5.56 Å². The minimum Gasteiger partial charge on any atom is -0.497 e. The number of hydrogen-bond acceptors (Lipinski definition) is 7. The predicted molar refractivity (Wildman–Crippen MR) is 90.7 cm³/mol. The molecule has 1 aromatic heterocycles. The Morgan fingerprint density at radius 2 is 1.92 bits per heavy atom. The first-order valence-electron chi connectivity index (χ1n) is 7.26. The molecule has 1 amide bonds. The zero-order valence-electron chi connectivity index (χ0n) is 13.6. The zero-order valence-corrected chi connectivity index (χ0v) is 14.4. The highest BCUT2D eigenvalue weighted by molar-refractivity contribution is 7.17. The maximum absolute atomic E-state index is 12.0. The van der Waals surface area contributed by atoms with E-state index in [1.165, 1.54) is 19.1 Å². The second-order valence-corrected chi connectivity index (χ2v) is 6.07. The summed E-state index contributed by atoms with van der Waals surface area (Å²) in [6.45, 7) is 1.71. The van der Waals surface area contributed by atoms with Gasteiger partial charge < -0.3 is 14.8 Å². The van der Waals surface area contributed by atoms with Crippen molar-refractivity contribution < 1.29 is 24.0 Å². The molecule has 0 aliphatic heterocycles. The molecule has 0 aliphatic carbocycles. The van der Waals surface area contributed by atoms with E-state index >= 15 is 0 Å². The van der Waals surface area contributed by atoms with Crippen LogP contribution in [-0.4, -0.2) is 30.0 Å². The third-order valence-corrected chi connectivity index (χ3v) is 4.27. The molecule has 2 aromatic rings. The van der Waals surface area contributed by atoms with E-state index in [2.05, 4.69) is 5.32 Å². The summed E-state index contributed by atoms with van der Waals surface area (Å²) < 4.78 is 10.1. The summed E-state index contributed by atoms with van der Waals surface area (Å²) in [5.74, 6) is -0.525. The molecule has 1 atom stereocenters. The Bertz CT molecular complexity index is 771. The molecule has 0 aliphatic rings. The van der Waals surface area contributed by atoms with Gasteiger partial charge in [0.2, 0.25) is 0 Å². The van der Waals surface area contributed by atoms with Crippen molar-refractivity contribution in [1.29, 1.82) is 0 Å². The molecular weight excluding hydrogens is 348 g/mol. The first-order chi connectivity index (χ1) is 11.9. The van der Waals surface area contributed by atoms with E-state index in [1.807, 2.05) is 0 Å². The van der Waals surface area contributed by atoms with E-state index in [4.69, 9.17) is 9.47 Å². The van der Waals surface area contributed by atoms with Crippen molar-refractivity contribution in [1.82, 2.24) is 5.32 Å². The Morgan fingerprint density at radius 3 is 2.48 bits per heavy atom. The van der Waals surface area contributed by atoms with Crippen molar-refractivity contribution in [3.8, 4) is 5.75 Å². The maximum Gasteiger partial charge on any atom is 0.349 e. The molecule has 2 rings (SSSR count). The van der Waals surface area contributed by atoms with Gasteiger partial charge in [0.25, 0.3) is 5.91 Å². The molecule has 1 heterocycles. The molecule has 0 bridgehead atoms. The van der Waals surface area contributed by atoms with Gasteiger partial charge in [-0.1, -0.05) is 23.5 Å². The molecule has 0 saturated carbocycles. The quantitative estimate of drug-likeness (QED) is 0.459. The van der Waals surface area contributed by atoms with Gasteiger partial charge in [0.1, 0.15) is 10.6 Å². The van der Waals surface area contributed by atoms with Crippen molar-refractivity contribution in [2.45, 2.75) is 19.6 Å². The molecule has 1 N–H and O–H groups in total. The number of nitrogens with zero attached hydrogens (tertiary/aromatic N) is 1. The highest BCUT2D eigenvalue weighted by Crippen LogP contribution is 2.24. The summed E-state index contributed by atoms with van der Waals surface area (Å²) in [5, 5.41) is 13.1. The molecule has 8 nitrogen and oxygen atoms in total. The largest absolute Gasteiger partial charge is 0.497 e. The topological polar surface area (TPSA) is 108 Å². The van der Waals surface area contributed by atoms with Crippen molar-refractivity contribution in [2.75, 3.05) is 7.11 Å². The monoisotopic (exact) mass is 364 g/mol. The Morgan fingerprint density at radius 1 is 1.24 bits per heavy atom. The SMILES string of the molecule is COc1ccc(CNC(=O)[C@H](C)OC(=O)c2ccc([N+](=O)[O-])s2)cc1. The lowest BCUT2D eigenvalue weighted by Crippen LogP contribution is -2.35. The highest BCUT2D eigenvalue weighted by Gasteiger charge is 2.22. The van der Waals surface area contributed by atoms with E-state index in [0.29, 0.717) is 17.1 Å². The fourth-order valence-corrected chi connectivity index (χ4v) is 2.59. The Labute approximate surface area is 147 Å². The minimum atomic E-state index is -1.02. The number of hydrogen-bond donors (Lipinski definition) is 1. The average molecular weight is 364 g/mol. The number of methoxy groups -OCH3 is 1. The molecule has 9 heteroatoms. The van der Waals surface area contributed by atoms with Gasteiger partial charge in [0.15, 0.2) is 6.10 Å². The number of rotatable bonds is 7. The van der Waals surface area contributed by atoms with E-state index < -0.39 is 22.9 Å². The number of carbonyl (C=O) groups is 2. The third-order valence-electron chi connectivity index (χ3n) is 3.25. The number of carbonyl (C=O) groups excluding carboxylic acids is 2. The fourth-order valence-electron chi connectivity index (χ4n) is 1.88. The van der Waals surface area contributed by atoms with E-state index in [-0.39, 0.29) is 16.4 Å². The van der Waals surface area contributed by atoms with Crippen LogP contribution < -0.4 is 10.1 Å². The summed E-state index contributed by atoms with van der Waals surface area (Å²) in [6.07, 6.45) is -1.02. The predicted octanol–water partition coefficient (Wildman–Crippen LogP) is 2.53. The number of thiophene rings is 1. The molecule has 0 spiro atoms. The van der Waals surface area contributed by atoms with Crippen molar-refractivity contribution in [2.24, 2.45) is 0 Å². The molecular formula is C16H16N2O6S. The Kier molecular flexibility index (Phi) is 6.07. The van der Waals surface area contributed by atoms with Crippen LogP contribution in [0.2, 0.25) is 0 Å². The summed E-state index contributed by atoms with van der Waals surface area (Å²) >= 11 is 0.699. The summed E-state index contributed by atoms with van der Waals surface area (Å²) in [6, 6.07) is 9.67. The van der Waals surface area contributed by atoms with Crippen LogP contribution in [0.1, 0.15) is 22.2 Å². The van der Waals surface area contributed by atoms with Gasteiger partial charge >= 0.3 is 11.0 Å². The Balaban J connectivity index is 1.86. The van der Waals surface area contributed by atoms with Crippen LogP contribution in [0.4, 0.5) is 5.00 Å². The van der Waals surface area contributed by atoms with Gasteiger partial charge in [0, 0.05) is 12.6 Å².